The van der Waals surface area contributed by atoms with Crippen LogP contribution in [0.1, 0.15) is 11.1 Å². The molecule has 0 spiro atoms. The molecule has 28 heavy (non-hydrogen) atoms. The lowest BCUT2D eigenvalue weighted by atomic mass is 10.2. The number of methoxy groups -OCH3 is 1. The smallest absolute Gasteiger partial charge is 0.234 e. The Bertz CT molecular complexity index is 865. The second-order valence-electron chi connectivity index (χ2n) is 6.19. The van der Waals surface area contributed by atoms with Crippen LogP contribution in [0.4, 0.5) is 5.69 Å². The van der Waals surface area contributed by atoms with Crippen LogP contribution in [0.25, 0.3) is 0 Å². The zero-order chi connectivity index (χ0) is 19.6. The van der Waals surface area contributed by atoms with Crippen LogP contribution in [0.3, 0.4) is 0 Å². The minimum atomic E-state index is -0.0172. The van der Waals surface area contributed by atoms with Crippen molar-refractivity contribution >= 4 is 23.4 Å². The van der Waals surface area contributed by atoms with Gasteiger partial charge in [0, 0.05) is 11.4 Å². The largest absolute Gasteiger partial charge is 0.497 e. The molecule has 5 heteroatoms. The first-order valence-electron chi connectivity index (χ1n) is 9.00. The summed E-state index contributed by atoms with van der Waals surface area (Å²) in [6.45, 7) is 0.522. The maximum atomic E-state index is 12.1. The van der Waals surface area contributed by atoms with Gasteiger partial charge in [0.1, 0.15) is 18.1 Å². The predicted octanol–water partition coefficient (Wildman–Crippen LogP) is 5.15. The number of benzene rings is 3. The molecule has 4 nitrogen and oxygen atoms in total. The fourth-order valence-corrected chi connectivity index (χ4v) is 3.34. The van der Waals surface area contributed by atoms with E-state index in [4.69, 9.17) is 9.47 Å². The summed E-state index contributed by atoms with van der Waals surface area (Å²) in [5.74, 6) is 2.77. The predicted molar refractivity (Wildman–Crippen MR) is 115 cm³/mol. The van der Waals surface area contributed by atoms with Gasteiger partial charge in [-0.2, -0.15) is 0 Å². The normalized spacial score (nSPS) is 10.3. The summed E-state index contributed by atoms with van der Waals surface area (Å²) in [5, 5.41) is 2.91. The summed E-state index contributed by atoms with van der Waals surface area (Å²) in [6.07, 6.45) is 0. The number of rotatable bonds is 9. The van der Waals surface area contributed by atoms with E-state index in [2.05, 4.69) is 5.32 Å². The van der Waals surface area contributed by atoms with Gasteiger partial charge < -0.3 is 14.8 Å². The highest BCUT2D eigenvalue weighted by Crippen LogP contribution is 2.19. The van der Waals surface area contributed by atoms with E-state index in [0.29, 0.717) is 12.4 Å². The van der Waals surface area contributed by atoms with Crippen molar-refractivity contribution < 1.29 is 14.3 Å². The van der Waals surface area contributed by atoms with Crippen molar-refractivity contribution in [1.29, 1.82) is 0 Å². The van der Waals surface area contributed by atoms with E-state index in [0.717, 1.165) is 28.5 Å². The zero-order valence-electron chi connectivity index (χ0n) is 15.8. The fraction of sp³-hybridized carbons (Fsp3) is 0.174. The minimum absolute atomic E-state index is 0.0172. The molecule has 0 aromatic heterocycles. The number of amides is 1. The molecular formula is C23H23NO3S. The first-order valence-corrected chi connectivity index (χ1v) is 10.2. The Labute approximate surface area is 169 Å². The molecule has 0 fully saturated rings. The molecule has 3 aromatic rings. The van der Waals surface area contributed by atoms with E-state index >= 15 is 0 Å². The Balaban J connectivity index is 1.39. The third kappa shape index (κ3) is 6.35. The standard InChI is InChI=1S/C23H23NO3S/c1-26-21-11-7-19(8-12-21)16-28-17-23(25)24-20-9-13-22(14-10-20)27-15-18-5-3-2-4-6-18/h2-14H,15-17H2,1H3,(H,24,25). The Hall–Kier alpha value is -2.92. The molecule has 0 radical (unpaired) electrons. The van der Waals surface area contributed by atoms with Crippen molar-refractivity contribution in [2.45, 2.75) is 12.4 Å². The number of nitrogens with one attached hydrogen (secondary N) is 1. The first-order chi connectivity index (χ1) is 13.7. The van der Waals surface area contributed by atoms with Gasteiger partial charge in [0.2, 0.25) is 5.91 Å². The Morgan fingerprint density at radius 3 is 2.21 bits per heavy atom. The van der Waals surface area contributed by atoms with Crippen LogP contribution < -0.4 is 14.8 Å². The summed E-state index contributed by atoms with van der Waals surface area (Å²) in [7, 11) is 1.65. The summed E-state index contributed by atoms with van der Waals surface area (Å²) in [5.41, 5.74) is 3.05. The van der Waals surface area contributed by atoms with Gasteiger partial charge in [-0.3, -0.25) is 4.79 Å². The molecule has 0 heterocycles. The van der Waals surface area contributed by atoms with Crippen LogP contribution >= 0.6 is 11.8 Å². The van der Waals surface area contributed by atoms with E-state index in [-0.39, 0.29) is 5.91 Å². The number of carbonyl (C=O) groups is 1. The molecule has 0 aliphatic heterocycles. The maximum absolute atomic E-state index is 12.1. The van der Waals surface area contributed by atoms with Gasteiger partial charge in [0.05, 0.1) is 12.9 Å². The van der Waals surface area contributed by atoms with E-state index in [9.17, 15) is 4.79 Å². The van der Waals surface area contributed by atoms with Gasteiger partial charge in [-0.15, -0.1) is 11.8 Å². The minimum Gasteiger partial charge on any atom is -0.497 e. The van der Waals surface area contributed by atoms with Crippen molar-refractivity contribution in [2.75, 3.05) is 18.2 Å². The lowest BCUT2D eigenvalue weighted by Gasteiger charge is -2.09. The van der Waals surface area contributed by atoms with Crippen molar-refractivity contribution in [3.05, 3.63) is 90.0 Å². The molecule has 3 rings (SSSR count). The summed E-state index contributed by atoms with van der Waals surface area (Å²) in [4.78, 5) is 12.1. The Morgan fingerprint density at radius 2 is 1.54 bits per heavy atom. The van der Waals surface area contributed by atoms with Crippen LogP contribution in [0, 0.1) is 0 Å². The number of thioether (sulfide) groups is 1. The molecule has 3 aromatic carbocycles. The van der Waals surface area contributed by atoms with E-state index in [1.807, 2.05) is 78.9 Å². The topological polar surface area (TPSA) is 47.6 Å². The molecular weight excluding hydrogens is 370 g/mol. The Morgan fingerprint density at radius 1 is 0.857 bits per heavy atom. The summed E-state index contributed by atoms with van der Waals surface area (Å²) < 4.78 is 10.9. The van der Waals surface area contributed by atoms with Crippen molar-refractivity contribution in [3.63, 3.8) is 0 Å². The SMILES string of the molecule is COc1ccc(CSCC(=O)Nc2ccc(OCc3ccccc3)cc2)cc1. The second kappa shape index (κ2) is 10.4. The van der Waals surface area contributed by atoms with Crippen LogP contribution in [0.5, 0.6) is 11.5 Å². The third-order valence-electron chi connectivity index (χ3n) is 4.05. The van der Waals surface area contributed by atoms with E-state index < -0.39 is 0 Å². The van der Waals surface area contributed by atoms with Gasteiger partial charge in [0.25, 0.3) is 0 Å². The van der Waals surface area contributed by atoms with Crippen LogP contribution in [-0.4, -0.2) is 18.8 Å². The van der Waals surface area contributed by atoms with Crippen molar-refractivity contribution in [2.24, 2.45) is 0 Å². The molecule has 0 bridgehead atoms. The highest BCUT2D eigenvalue weighted by Gasteiger charge is 2.04. The fourth-order valence-electron chi connectivity index (χ4n) is 2.56. The average Bonchev–Trinajstić information content (AvgIpc) is 2.74. The molecule has 0 unspecified atom stereocenters. The highest BCUT2D eigenvalue weighted by atomic mass is 32.2. The van der Waals surface area contributed by atoms with E-state index in [1.54, 1.807) is 18.9 Å². The van der Waals surface area contributed by atoms with Crippen molar-refractivity contribution in [1.82, 2.24) is 0 Å². The molecule has 1 N–H and O–H groups in total. The third-order valence-corrected chi connectivity index (χ3v) is 5.05. The van der Waals surface area contributed by atoms with Gasteiger partial charge in [0.15, 0.2) is 0 Å². The van der Waals surface area contributed by atoms with Gasteiger partial charge in [-0.25, -0.2) is 0 Å². The lowest BCUT2D eigenvalue weighted by molar-refractivity contribution is -0.113. The quantitative estimate of drug-likeness (QED) is 0.546. The molecule has 0 saturated carbocycles. The maximum Gasteiger partial charge on any atom is 0.234 e. The van der Waals surface area contributed by atoms with Crippen LogP contribution in [0.15, 0.2) is 78.9 Å². The molecule has 0 aliphatic rings. The number of anilines is 1. The van der Waals surface area contributed by atoms with Crippen LogP contribution in [0.2, 0.25) is 0 Å². The van der Waals surface area contributed by atoms with Crippen LogP contribution in [-0.2, 0) is 17.2 Å². The average molecular weight is 394 g/mol. The molecule has 0 atom stereocenters. The second-order valence-corrected chi connectivity index (χ2v) is 7.17. The van der Waals surface area contributed by atoms with Gasteiger partial charge >= 0.3 is 0 Å². The van der Waals surface area contributed by atoms with E-state index in [1.165, 1.54) is 5.56 Å². The molecule has 0 saturated heterocycles. The van der Waals surface area contributed by atoms with Crippen molar-refractivity contribution in [3.8, 4) is 11.5 Å². The first kappa shape index (κ1) is 19.8. The number of hydrogen-bond donors (Lipinski definition) is 1. The summed E-state index contributed by atoms with van der Waals surface area (Å²) in [6, 6.07) is 25.3. The molecule has 1 amide bonds. The zero-order valence-corrected chi connectivity index (χ0v) is 16.6. The van der Waals surface area contributed by atoms with Gasteiger partial charge in [-0.05, 0) is 47.5 Å². The number of carbonyl (C=O) groups excluding carboxylic acids is 1. The number of hydrogen-bond acceptors (Lipinski definition) is 4. The molecule has 144 valence electrons. The highest BCUT2D eigenvalue weighted by molar-refractivity contribution is 7.99. The summed E-state index contributed by atoms with van der Waals surface area (Å²) >= 11 is 1.58. The monoisotopic (exact) mass is 393 g/mol. The van der Waals surface area contributed by atoms with Gasteiger partial charge in [-0.1, -0.05) is 42.5 Å². The molecule has 0 aliphatic carbocycles. The lowest BCUT2D eigenvalue weighted by Crippen LogP contribution is -2.14. The Kier molecular flexibility index (Phi) is 7.38. The number of ether oxygens (including phenoxy) is 2.